The molecule has 1 amide bonds. The van der Waals surface area contributed by atoms with E-state index in [9.17, 15) is 24.6 Å². The molecule has 1 aromatic heterocycles. The van der Waals surface area contributed by atoms with Gasteiger partial charge < -0.3 is 19.8 Å². The van der Waals surface area contributed by atoms with Crippen LogP contribution in [0.5, 0.6) is 11.6 Å². The predicted octanol–water partition coefficient (Wildman–Crippen LogP) is 5.49. The minimum Gasteiger partial charge on any atom is -0.478 e. The largest absolute Gasteiger partial charge is 0.478 e. The summed E-state index contributed by atoms with van der Waals surface area (Å²) in [5.74, 6) is -1.98. The Morgan fingerprint density at radius 1 is 1.06 bits per heavy atom. The van der Waals surface area contributed by atoms with Crippen LogP contribution in [-0.4, -0.2) is 39.1 Å². The Hall–Kier alpha value is -3.13. The van der Waals surface area contributed by atoms with Gasteiger partial charge in [-0.3, -0.25) is 4.79 Å². The molecule has 0 atom stereocenters. The summed E-state index contributed by atoms with van der Waals surface area (Å²) in [6.07, 6.45) is 3.54. The van der Waals surface area contributed by atoms with E-state index in [0.717, 1.165) is 25.7 Å². The van der Waals surface area contributed by atoms with Crippen LogP contribution < -0.4 is 9.64 Å². The highest BCUT2D eigenvalue weighted by Crippen LogP contribution is 2.35. The first-order valence-electron chi connectivity index (χ1n) is 10.9. The van der Waals surface area contributed by atoms with Gasteiger partial charge in [0.2, 0.25) is 11.8 Å². The van der Waals surface area contributed by atoms with Gasteiger partial charge >= 0.3 is 11.9 Å². The summed E-state index contributed by atoms with van der Waals surface area (Å²) in [4.78, 5) is 42.2. The van der Waals surface area contributed by atoms with E-state index >= 15 is 0 Å². The molecule has 1 fully saturated rings. The molecule has 33 heavy (non-hydrogen) atoms. The third-order valence-corrected chi connectivity index (χ3v) is 6.01. The molecule has 1 aromatic carbocycles. The van der Waals surface area contributed by atoms with Gasteiger partial charge in [0.1, 0.15) is 10.9 Å². The molecule has 0 aliphatic heterocycles. The third-order valence-electron chi connectivity index (χ3n) is 5.82. The number of hydrogen-bond acceptors (Lipinski definition) is 5. The number of carboxylic acid groups (broad SMARTS) is 2. The summed E-state index contributed by atoms with van der Waals surface area (Å²) in [7, 11) is 0. The van der Waals surface area contributed by atoms with Gasteiger partial charge in [-0.25, -0.2) is 14.6 Å². The zero-order chi connectivity index (χ0) is 24.3. The lowest BCUT2D eigenvalue weighted by atomic mass is 9.82. The summed E-state index contributed by atoms with van der Waals surface area (Å²) in [5, 5.41) is 19.0. The maximum atomic E-state index is 13.4. The molecule has 1 heterocycles. The van der Waals surface area contributed by atoms with Gasteiger partial charge in [-0.15, -0.1) is 0 Å². The van der Waals surface area contributed by atoms with Crippen molar-refractivity contribution in [1.29, 1.82) is 0 Å². The van der Waals surface area contributed by atoms with Crippen LogP contribution in [0.3, 0.4) is 0 Å². The zero-order valence-corrected chi connectivity index (χ0v) is 19.5. The predicted molar refractivity (Wildman–Crippen MR) is 123 cm³/mol. The van der Waals surface area contributed by atoms with Crippen molar-refractivity contribution < 1.29 is 29.3 Å². The number of nitrogens with zero attached hydrogens (tertiary/aromatic N) is 2. The fourth-order valence-corrected chi connectivity index (χ4v) is 4.29. The first kappa shape index (κ1) is 24.5. The smallest absolute Gasteiger partial charge is 0.337 e. The van der Waals surface area contributed by atoms with Crippen LogP contribution in [-0.2, 0) is 4.79 Å². The molecule has 1 aliphatic carbocycles. The van der Waals surface area contributed by atoms with E-state index in [1.807, 2.05) is 13.8 Å². The Morgan fingerprint density at radius 3 is 2.30 bits per heavy atom. The quantitative estimate of drug-likeness (QED) is 0.509. The van der Waals surface area contributed by atoms with E-state index in [-0.39, 0.29) is 45.8 Å². The monoisotopic (exact) mass is 474 g/mol. The van der Waals surface area contributed by atoms with Crippen molar-refractivity contribution in [2.45, 2.75) is 52.5 Å². The zero-order valence-electron chi connectivity index (χ0n) is 18.7. The molecular weight excluding hydrogens is 448 g/mol. The van der Waals surface area contributed by atoms with Crippen molar-refractivity contribution in [2.24, 2.45) is 11.8 Å². The Bertz CT molecular complexity index is 1060. The van der Waals surface area contributed by atoms with Crippen LogP contribution in [0.25, 0.3) is 0 Å². The number of amides is 1. The summed E-state index contributed by atoms with van der Waals surface area (Å²) < 4.78 is 5.60. The van der Waals surface area contributed by atoms with E-state index in [0.29, 0.717) is 11.6 Å². The number of carbonyl (C=O) groups excluding carboxylic acids is 1. The van der Waals surface area contributed by atoms with Crippen molar-refractivity contribution in [2.75, 3.05) is 4.90 Å². The molecule has 2 N–H and O–H groups in total. The molecule has 1 aliphatic rings. The maximum Gasteiger partial charge on any atom is 0.337 e. The number of carboxylic acids is 2. The molecule has 8 nitrogen and oxygen atoms in total. The second kappa shape index (κ2) is 10.2. The Labute approximate surface area is 197 Å². The van der Waals surface area contributed by atoms with Gasteiger partial charge in [0.25, 0.3) is 0 Å². The maximum absolute atomic E-state index is 13.4. The lowest BCUT2D eigenvalue weighted by molar-refractivity contribution is -0.123. The first-order chi connectivity index (χ1) is 15.6. The van der Waals surface area contributed by atoms with E-state index in [1.54, 1.807) is 4.90 Å². The van der Waals surface area contributed by atoms with Gasteiger partial charge in [-0.05, 0) is 69.7 Å². The number of rotatable bonds is 7. The lowest BCUT2D eigenvalue weighted by Gasteiger charge is -2.34. The van der Waals surface area contributed by atoms with E-state index in [2.05, 4.69) is 11.9 Å². The fraction of sp³-hybridized carbons (Fsp3) is 0.417. The van der Waals surface area contributed by atoms with Gasteiger partial charge in [0.15, 0.2) is 0 Å². The van der Waals surface area contributed by atoms with Crippen molar-refractivity contribution in [1.82, 2.24) is 4.98 Å². The van der Waals surface area contributed by atoms with Gasteiger partial charge in [0.05, 0.1) is 16.8 Å². The second-order valence-electron chi connectivity index (χ2n) is 8.67. The summed E-state index contributed by atoms with van der Waals surface area (Å²) in [6.45, 7) is 5.88. The van der Waals surface area contributed by atoms with Crippen LogP contribution in [0.4, 0.5) is 5.69 Å². The minimum atomic E-state index is -1.21. The number of pyridine rings is 1. The highest BCUT2D eigenvalue weighted by atomic mass is 35.5. The standard InChI is InChI=1S/C24H27ClN2O6/c1-13(2)27(22(28)15-6-4-14(3)5-7-15)19-9-8-17(12-18(19)24(31)32)33-21-11-16(23(29)30)10-20(25)26-21/h8-15H,4-7H2,1-3H3,(H,29,30)(H,31,32). The normalized spacial score (nSPS) is 18.1. The molecule has 0 unspecified atom stereocenters. The van der Waals surface area contributed by atoms with Gasteiger partial charge in [-0.2, -0.15) is 0 Å². The van der Waals surface area contributed by atoms with Crippen molar-refractivity contribution in [3.05, 3.63) is 46.6 Å². The molecule has 0 saturated heterocycles. The summed E-state index contributed by atoms with van der Waals surface area (Å²) >= 11 is 5.87. The van der Waals surface area contributed by atoms with Gasteiger partial charge in [0, 0.05) is 18.0 Å². The van der Waals surface area contributed by atoms with Crippen LogP contribution in [0, 0.1) is 11.8 Å². The number of carbonyl (C=O) groups is 3. The summed E-state index contributed by atoms with van der Waals surface area (Å²) in [6, 6.07) is 6.49. The molecule has 0 radical (unpaired) electrons. The average Bonchev–Trinajstić information content (AvgIpc) is 2.74. The van der Waals surface area contributed by atoms with Crippen LogP contribution in [0.1, 0.15) is 67.2 Å². The topological polar surface area (TPSA) is 117 Å². The molecule has 9 heteroatoms. The van der Waals surface area contributed by atoms with Crippen LogP contribution in [0.15, 0.2) is 30.3 Å². The Morgan fingerprint density at radius 2 is 1.73 bits per heavy atom. The third kappa shape index (κ3) is 5.82. The van der Waals surface area contributed by atoms with Gasteiger partial charge in [-0.1, -0.05) is 18.5 Å². The molecule has 2 aromatic rings. The van der Waals surface area contributed by atoms with Crippen LogP contribution >= 0.6 is 11.6 Å². The number of hydrogen-bond donors (Lipinski definition) is 2. The van der Waals surface area contributed by atoms with Crippen molar-refractivity contribution in [3.63, 3.8) is 0 Å². The fourth-order valence-electron chi connectivity index (χ4n) is 4.08. The Balaban J connectivity index is 1.94. The van der Waals surface area contributed by atoms with E-state index in [1.165, 1.54) is 30.3 Å². The molecule has 0 bridgehead atoms. The molecule has 0 spiro atoms. The van der Waals surface area contributed by atoms with E-state index in [4.69, 9.17) is 16.3 Å². The van der Waals surface area contributed by atoms with E-state index < -0.39 is 11.9 Å². The number of aromatic carboxylic acids is 2. The Kier molecular flexibility index (Phi) is 7.58. The van der Waals surface area contributed by atoms with Crippen molar-refractivity contribution in [3.8, 4) is 11.6 Å². The molecule has 1 saturated carbocycles. The number of benzene rings is 1. The molecular formula is C24H27ClN2O6. The first-order valence-corrected chi connectivity index (χ1v) is 11.2. The number of ether oxygens (including phenoxy) is 1. The number of halogens is 1. The minimum absolute atomic E-state index is 0.0710. The van der Waals surface area contributed by atoms with Crippen molar-refractivity contribution >= 4 is 35.1 Å². The molecule has 3 rings (SSSR count). The average molecular weight is 475 g/mol. The van der Waals surface area contributed by atoms with Crippen LogP contribution in [0.2, 0.25) is 5.15 Å². The highest BCUT2D eigenvalue weighted by Gasteiger charge is 2.32. The SMILES string of the molecule is CC1CCC(C(=O)N(c2ccc(Oc3cc(C(=O)O)cc(Cl)n3)cc2C(=O)O)C(C)C)CC1. The lowest BCUT2D eigenvalue weighted by Crippen LogP contribution is -2.42. The summed E-state index contributed by atoms with van der Waals surface area (Å²) in [5.41, 5.74) is 0.0800. The second-order valence-corrected chi connectivity index (χ2v) is 9.05. The number of aromatic nitrogens is 1. The number of anilines is 1. The highest BCUT2D eigenvalue weighted by molar-refractivity contribution is 6.29. The molecule has 176 valence electrons.